The summed E-state index contributed by atoms with van der Waals surface area (Å²) in [5, 5.41) is 3.05. The number of nitrogens with one attached hydrogen (secondary N) is 1. The highest BCUT2D eigenvalue weighted by molar-refractivity contribution is 5.37. The van der Waals surface area contributed by atoms with Crippen molar-refractivity contribution < 1.29 is 18.3 Å². The second kappa shape index (κ2) is 7.04. The van der Waals surface area contributed by atoms with Gasteiger partial charge in [-0.2, -0.15) is 0 Å². The highest BCUT2D eigenvalue weighted by Gasteiger charge is 2.09. The van der Waals surface area contributed by atoms with Crippen LogP contribution in [-0.4, -0.2) is 14.2 Å². The molecule has 0 spiro atoms. The Hall–Kier alpha value is -2.14. The van der Waals surface area contributed by atoms with Gasteiger partial charge in [0, 0.05) is 18.2 Å². The van der Waals surface area contributed by atoms with E-state index in [1.807, 2.05) is 25.2 Å². The van der Waals surface area contributed by atoms with Gasteiger partial charge in [-0.05, 0) is 36.9 Å². The van der Waals surface area contributed by atoms with E-state index in [4.69, 9.17) is 9.47 Å². The summed E-state index contributed by atoms with van der Waals surface area (Å²) in [4.78, 5) is 0. The molecule has 1 N–H and O–H groups in total. The molecule has 0 aliphatic carbocycles. The number of halogens is 2. The molecule has 0 fully saturated rings. The van der Waals surface area contributed by atoms with E-state index in [0.717, 1.165) is 23.3 Å². The van der Waals surface area contributed by atoms with E-state index in [-0.39, 0.29) is 12.4 Å². The third-order valence-electron chi connectivity index (χ3n) is 3.00. The van der Waals surface area contributed by atoms with Crippen LogP contribution in [0.1, 0.15) is 11.1 Å². The quantitative estimate of drug-likeness (QED) is 0.886. The normalized spacial score (nSPS) is 10.5. The molecule has 0 heterocycles. The van der Waals surface area contributed by atoms with Crippen LogP contribution in [0.4, 0.5) is 8.78 Å². The van der Waals surface area contributed by atoms with Crippen molar-refractivity contribution in [2.24, 2.45) is 0 Å². The molecule has 0 bridgehead atoms. The first-order valence-electron chi connectivity index (χ1n) is 6.52. The Morgan fingerprint density at radius 1 is 1.05 bits per heavy atom. The first kappa shape index (κ1) is 15.3. The Kier molecular flexibility index (Phi) is 5.11. The molecule has 2 rings (SSSR count). The second-order valence-electron chi connectivity index (χ2n) is 4.54. The van der Waals surface area contributed by atoms with Crippen LogP contribution in [0.2, 0.25) is 0 Å². The van der Waals surface area contributed by atoms with Gasteiger partial charge in [0.15, 0.2) is 11.6 Å². The van der Waals surface area contributed by atoms with Crippen molar-refractivity contribution in [2.75, 3.05) is 14.2 Å². The number of benzene rings is 2. The summed E-state index contributed by atoms with van der Waals surface area (Å²) in [6.07, 6.45) is 0. The summed E-state index contributed by atoms with van der Waals surface area (Å²) >= 11 is 0. The minimum Gasteiger partial charge on any atom is -0.496 e. The van der Waals surface area contributed by atoms with Gasteiger partial charge >= 0.3 is 0 Å². The average molecular weight is 293 g/mol. The van der Waals surface area contributed by atoms with Crippen LogP contribution in [0.5, 0.6) is 11.5 Å². The molecule has 5 heteroatoms. The van der Waals surface area contributed by atoms with E-state index >= 15 is 0 Å². The van der Waals surface area contributed by atoms with Gasteiger partial charge in [-0.3, -0.25) is 0 Å². The number of ether oxygens (including phenoxy) is 2. The lowest BCUT2D eigenvalue weighted by molar-refractivity contribution is 0.281. The fourth-order valence-electron chi connectivity index (χ4n) is 2.01. The first-order valence-corrected chi connectivity index (χ1v) is 6.52. The van der Waals surface area contributed by atoms with Crippen molar-refractivity contribution in [2.45, 2.75) is 13.2 Å². The Bertz CT molecular complexity index is 617. The molecule has 0 saturated heterocycles. The number of hydrogen-bond donors (Lipinski definition) is 1. The zero-order chi connectivity index (χ0) is 15.2. The summed E-state index contributed by atoms with van der Waals surface area (Å²) < 4.78 is 37.0. The van der Waals surface area contributed by atoms with Crippen molar-refractivity contribution in [1.82, 2.24) is 5.32 Å². The van der Waals surface area contributed by atoms with Crippen LogP contribution in [0.15, 0.2) is 36.4 Å². The monoisotopic (exact) mass is 293 g/mol. The van der Waals surface area contributed by atoms with Crippen LogP contribution in [-0.2, 0) is 13.2 Å². The molecule has 3 nitrogen and oxygen atoms in total. The molecular weight excluding hydrogens is 276 g/mol. The van der Waals surface area contributed by atoms with Crippen LogP contribution in [0.3, 0.4) is 0 Å². The molecule has 0 unspecified atom stereocenters. The molecule has 2 aromatic rings. The van der Waals surface area contributed by atoms with Gasteiger partial charge in [0.1, 0.15) is 18.2 Å². The molecule has 0 saturated carbocycles. The smallest absolute Gasteiger partial charge is 0.167 e. The van der Waals surface area contributed by atoms with Gasteiger partial charge in [-0.1, -0.05) is 6.07 Å². The van der Waals surface area contributed by atoms with Crippen molar-refractivity contribution in [3.63, 3.8) is 0 Å². The highest BCUT2D eigenvalue weighted by Crippen LogP contribution is 2.24. The molecule has 0 aliphatic heterocycles. The van der Waals surface area contributed by atoms with E-state index in [0.29, 0.717) is 12.3 Å². The predicted octanol–water partition coefficient (Wildman–Crippen LogP) is 3.27. The Morgan fingerprint density at radius 2 is 1.81 bits per heavy atom. The van der Waals surface area contributed by atoms with E-state index in [1.165, 1.54) is 6.07 Å². The third kappa shape index (κ3) is 3.92. The van der Waals surface area contributed by atoms with Gasteiger partial charge in [0.05, 0.1) is 7.11 Å². The van der Waals surface area contributed by atoms with Crippen molar-refractivity contribution >= 4 is 0 Å². The van der Waals surface area contributed by atoms with Gasteiger partial charge in [0.25, 0.3) is 0 Å². The molecule has 0 aliphatic rings. The van der Waals surface area contributed by atoms with Crippen molar-refractivity contribution in [3.8, 4) is 11.5 Å². The second-order valence-corrected chi connectivity index (χ2v) is 4.54. The standard InChI is InChI=1S/C16H17F2NO2/c1-19-9-11-3-5-15(20-2)12(7-11)10-21-16-6-4-13(17)8-14(16)18/h3-8,19H,9-10H2,1-2H3. The van der Waals surface area contributed by atoms with Crippen LogP contribution in [0.25, 0.3) is 0 Å². The van der Waals surface area contributed by atoms with Crippen LogP contribution >= 0.6 is 0 Å². The lowest BCUT2D eigenvalue weighted by atomic mass is 10.1. The number of methoxy groups -OCH3 is 1. The summed E-state index contributed by atoms with van der Waals surface area (Å²) in [6.45, 7) is 0.852. The van der Waals surface area contributed by atoms with Gasteiger partial charge in [0.2, 0.25) is 0 Å². The summed E-state index contributed by atoms with van der Waals surface area (Å²) in [6, 6.07) is 8.94. The highest BCUT2D eigenvalue weighted by atomic mass is 19.1. The SMILES string of the molecule is CNCc1ccc(OC)c(COc2ccc(F)cc2F)c1. The molecule has 0 aromatic heterocycles. The first-order chi connectivity index (χ1) is 10.1. The fraction of sp³-hybridized carbons (Fsp3) is 0.250. The van der Waals surface area contributed by atoms with Gasteiger partial charge in [-0.25, -0.2) is 8.78 Å². The minimum atomic E-state index is -0.722. The zero-order valence-corrected chi connectivity index (χ0v) is 12.0. The van der Waals surface area contributed by atoms with E-state index in [9.17, 15) is 8.78 Å². The Morgan fingerprint density at radius 3 is 2.48 bits per heavy atom. The van der Waals surface area contributed by atoms with Crippen LogP contribution in [0, 0.1) is 11.6 Å². The minimum absolute atomic E-state index is 0.0115. The Balaban J connectivity index is 2.16. The van der Waals surface area contributed by atoms with E-state index in [1.54, 1.807) is 7.11 Å². The molecule has 112 valence electrons. The van der Waals surface area contributed by atoms with Crippen molar-refractivity contribution in [3.05, 3.63) is 59.2 Å². The summed E-state index contributed by atoms with van der Waals surface area (Å²) in [7, 11) is 3.42. The molecular formula is C16H17F2NO2. The summed E-state index contributed by atoms with van der Waals surface area (Å²) in [5.41, 5.74) is 1.87. The fourth-order valence-corrected chi connectivity index (χ4v) is 2.01. The maximum absolute atomic E-state index is 13.5. The molecule has 21 heavy (non-hydrogen) atoms. The van der Waals surface area contributed by atoms with E-state index < -0.39 is 11.6 Å². The molecule has 0 atom stereocenters. The summed E-state index contributed by atoms with van der Waals surface area (Å²) in [5.74, 6) is -0.677. The number of rotatable bonds is 6. The van der Waals surface area contributed by atoms with Gasteiger partial charge < -0.3 is 14.8 Å². The third-order valence-corrected chi connectivity index (χ3v) is 3.00. The maximum Gasteiger partial charge on any atom is 0.167 e. The predicted molar refractivity (Wildman–Crippen MR) is 76.4 cm³/mol. The van der Waals surface area contributed by atoms with E-state index in [2.05, 4.69) is 5.32 Å². The van der Waals surface area contributed by atoms with Gasteiger partial charge in [-0.15, -0.1) is 0 Å². The van der Waals surface area contributed by atoms with Crippen LogP contribution < -0.4 is 14.8 Å². The Labute approximate surface area is 122 Å². The average Bonchev–Trinajstić information content (AvgIpc) is 2.47. The topological polar surface area (TPSA) is 30.5 Å². The lowest BCUT2D eigenvalue weighted by Gasteiger charge is -2.12. The maximum atomic E-state index is 13.5. The molecule has 0 amide bonds. The molecule has 2 aromatic carbocycles. The van der Waals surface area contributed by atoms with Crippen molar-refractivity contribution in [1.29, 1.82) is 0 Å². The largest absolute Gasteiger partial charge is 0.496 e. The number of hydrogen-bond acceptors (Lipinski definition) is 3. The lowest BCUT2D eigenvalue weighted by Crippen LogP contribution is -2.07. The zero-order valence-electron chi connectivity index (χ0n) is 12.0. The molecule has 0 radical (unpaired) electrons.